The van der Waals surface area contributed by atoms with E-state index in [0.717, 1.165) is 12.0 Å². The highest BCUT2D eigenvalue weighted by molar-refractivity contribution is 5.70. The third-order valence-electron chi connectivity index (χ3n) is 3.22. The maximum Gasteiger partial charge on any atom is 0.308 e. The molecule has 0 saturated heterocycles. The monoisotopic (exact) mass is 268 g/mol. The van der Waals surface area contributed by atoms with Gasteiger partial charge in [0.1, 0.15) is 5.75 Å². The number of ether oxygens (including phenoxy) is 1. The standard InChI is InChI=1S/C18H20O2/c1-3-4-5-15-6-8-16(9-7-15)17-10-12-18(13-11-17)20-14(2)19/h6-13H,3-5H2,1-2H3. The van der Waals surface area contributed by atoms with E-state index in [2.05, 4.69) is 31.2 Å². The minimum atomic E-state index is -0.293. The van der Waals surface area contributed by atoms with Gasteiger partial charge in [0.2, 0.25) is 0 Å². The van der Waals surface area contributed by atoms with Crippen LogP contribution in [0, 0.1) is 0 Å². The van der Waals surface area contributed by atoms with Crippen molar-refractivity contribution in [3.8, 4) is 16.9 Å². The molecule has 2 nitrogen and oxygen atoms in total. The van der Waals surface area contributed by atoms with Gasteiger partial charge in [0.05, 0.1) is 0 Å². The highest BCUT2D eigenvalue weighted by atomic mass is 16.5. The number of hydrogen-bond donors (Lipinski definition) is 0. The van der Waals surface area contributed by atoms with Crippen LogP contribution in [0.1, 0.15) is 32.3 Å². The van der Waals surface area contributed by atoms with Gasteiger partial charge >= 0.3 is 5.97 Å². The molecular weight excluding hydrogens is 248 g/mol. The Morgan fingerprint density at radius 3 is 2.00 bits per heavy atom. The van der Waals surface area contributed by atoms with Crippen LogP contribution >= 0.6 is 0 Å². The van der Waals surface area contributed by atoms with E-state index in [0.29, 0.717) is 5.75 Å². The number of rotatable bonds is 5. The molecule has 0 saturated carbocycles. The summed E-state index contributed by atoms with van der Waals surface area (Å²) in [6.45, 7) is 3.61. The minimum Gasteiger partial charge on any atom is -0.427 e. The molecule has 0 spiro atoms. The van der Waals surface area contributed by atoms with Crippen LogP contribution < -0.4 is 4.74 Å². The zero-order chi connectivity index (χ0) is 14.4. The van der Waals surface area contributed by atoms with E-state index in [-0.39, 0.29) is 5.97 Å². The van der Waals surface area contributed by atoms with Crippen molar-refractivity contribution in [1.82, 2.24) is 0 Å². The second-order valence-electron chi connectivity index (χ2n) is 4.92. The average Bonchev–Trinajstić information content (AvgIpc) is 2.46. The summed E-state index contributed by atoms with van der Waals surface area (Å²) in [7, 11) is 0. The van der Waals surface area contributed by atoms with Crippen molar-refractivity contribution in [3.63, 3.8) is 0 Å². The van der Waals surface area contributed by atoms with Crippen LogP contribution in [0.15, 0.2) is 48.5 Å². The summed E-state index contributed by atoms with van der Waals surface area (Å²) in [5.74, 6) is 0.291. The molecule has 2 rings (SSSR count). The molecule has 0 amide bonds. The second kappa shape index (κ2) is 6.90. The predicted molar refractivity (Wildman–Crippen MR) is 81.8 cm³/mol. The van der Waals surface area contributed by atoms with E-state index in [1.807, 2.05) is 24.3 Å². The molecule has 0 aliphatic rings. The van der Waals surface area contributed by atoms with Crippen LogP contribution in [0.4, 0.5) is 0 Å². The number of esters is 1. The summed E-state index contributed by atoms with van der Waals surface area (Å²) in [5, 5.41) is 0. The molecule has 0 aliphatic heterocycles. The van der Waals surface area contributed by atoms with E-state index in [1.165, 1.54) is 30.9 Å². The summed E-state index contributed by atoms with van der Waals surface area (Å²) in [6, 6.07) is 16.2. The molecule has 0 bridgehead atoms. The van der Waals surface area contributed by atoms with Gasteiger partial charge in [-0.1, -0.05) is 49.7 Å². The van der Waals surface area contributed by atoms with Gasteiger partial charge in [-0.05, 0) is 41.7 Å². The smallest absolute Gasteiger partial charge is 0.308 e. The summed E-state index contributed by atoms with van der Waals surface area (Å²) in [5.41, 5.74) is 3.69. The zero-order valence-electron chi connectivity index (χ0n) is 12.1. The number of carbonyl (C=O) groups is 1. The van der Waals surface area contributed by atoms with E-state index < -0.39 is 0 Å². The van der Waals surface area contributed by atoms with Crippen molar-refractivity contribution >= 4 is 5.97 Å². The van der Waals surface area contributed by atoms with Crippen molar-refractivity contribution in [3.05, 3.63) is 54.1 Å². The fourth-order valence-electron chi connectivity index (χ4n) is 2.13. The van der Waals surface area contributed by atoms with Crippen LogP contribution in [-0.4, -0.2) is 5.97 Å². The van der Waals surface area contributed by atoms with Crippen LogP contribution in [0.2, 0.25) is 0 Å². The Balaban J connectivity index is 2.09. The molecule has 0 radical (unpaired) electrons. The molecule has 2 aromatic carbocycles. The van der Waals surface area contributed by atoms with Crippen LogP contribution in [-0.2, 0) is 11.2 Å². The molecule has 2 aromatic rings. The van der Waals surface area contributed by atoms with Crippen LogP contribution in [0.25, 0.3) is 11.1 Å². The quantitative estimate of drug-likeness (QED) is 0.584. The topological polar surface area (TPSA) is 26.3 Å². The first-order valence-corrected chi connectivity index (χ1v) is 7.07. The Morgan fingerprint density at radius 2 is 1.50 bits per heavy atom. The van der Waals surface area contributed by atoms with Gasteiger partial charge in [0.25, 0.3) is 0 Å². The van der Waals surface area contributed by atoms with Crippen molar-refractivity contribution in [2.24, 2.45) is 0 Å². The minimum absolute atomic E-state index is 0.293. The number of unbranched alkanes of at least 4 members (excludes halogenated alkanes) is 1. The largest absolute Gasteiger partial charge is 0.427 e. The lowest BCUT2D eigenvalue weighted by molar-refractivity contribution is -0.131. The highest BCUT2D eigenvalue weighted by Gasteiger charge is 2.01. The number of aryl methyl sites for hydroxylation is 1. The van der Waals surface area contributed by atoms with Gasteiger partial charge in [-0.25, -0.2) is 0 Å². The lowest BCUT2D eigenvalue weighted by atomic mass is 10.0. The lowest BCUT2D eigenvalue weighted by Gasteiger charge is -2.06. The maximum atomic E-state index is 10.9. The maximum absolute atomic E-state index is 10.9. The van der Waals surface area contributed by atoms with E-state index in [4.69, 9.17) is 4.74 Å². The predicted octanol–water partition coefficient (Wildman–Crippen LogP) is 4.62. The summed E-state index contributed by atoms with van der Waals surface area (Å²) in [6.07, 6.45) is 3.60. The molecule has 20 heavy (non-hydrogen) atoms. The molecular formula is C18H20O2. The second-order valence-corrected chi connectivity index (χ2v) is 4.92. The van der Waals surface area contributed by atoms with E-state index >= 15 is 0 Å². The summed E-state index contributed by atoms with van der Waals surface area (Å²) in [4.78, 5) is 10.9. The number of benzene rings is 2. The van der Waals surface area contributed by atoms with Crippen molar-refractivity contribution in [1.29, 1.82) is 0 Å². The first kappa shape index (κ1) is 14.3. The summed E-state index contributed by atoms with van der Waals surface area (Å²) >= 11 is 0. The lowest BCUT2D eigenvalue weighted by Crippen LogP contribution is -2.00. The Labute approximate surface area is 120 Å². The van der Waals surface area contributed by atoms with Gasteiger partial charge < -0.3 is 4.74 Å². The first-order valence-electron chi connectivity index (χ1n) is 7.07. The molecule has 0 N–H and O–H groups in total. The Kier molecular flexibility index (Phi) is 4.94. The van der Waals surface area contributed by atoms with E-state index in [1.54, 1.807) is 0 Å². The van der Waals surface area contributed by atoms with E-state index in [9.17, 15) is 4.79 Å². The third-order valence-corrected chi connectivity index (χ3v) is 3.22. The fourth-order valence-corrected chi connectivity index (χ4v) is 2.13. The summed E-state index contributed by atoms with van der Waals surface area (Å²) < 4.78 is 5.03. The van der Waals surface area contributed by atoms with Gasteiger partial charge in [-0.3, -0.25) is 4.79 Å². The van der Waals surface area contributed by atoms with Crippen molar-refractivity contribution in [2.45, 2.75) is 33.1 Å². The van der Waals surface area contributed by atoms with Crippen LogP contribution in [0.5, 0.6) is 5.75 Å². The molecule has 0 aliphatic carbocycles. The Morgan fingerprint density at radius 1 is 0.950 bits per heavy atom. The van der Waals surface area contributed by atoms with Gasteiger partial charge in [0, 0.05) is 6.92 Å². The molecule has 0 unspecified atom stereocenters. The highest BCUT2D eigenvalue weighted by Crippen LogP contribution is 2.23. The number of carbonyl (C=O) groups excluding carboxylic acids is 1. The van der Waals surface area contributed by atoms with Crippen LogP contribution in [0.3, 0.4) is 0 Å². The fraction of sp³-hybridized carbons (Fsp3) is 0.278. The molecule has 0 aromatic heterocycles. The molecule has 104 valence electrons. The number of hydrogen-bond acceptors (Lipinski definition) is 2. The van der Waals surface area contributed by atoms with Crippen molar-refractivity contribution in [2.75, 3.05) is 0 Å². The van der Waals surface area contributed by atoms with Crippen molar-refractivity contribution < 1.29 is 9.53 Å². The zero-order valence-corrected chi connectivity index (χ0v) is 12.1. The molecule has 0 heterocycles. The SMILES string of the molecule is CCCCc1ccc(-c2ccc(OC(C)=O)cc2)cc1. The molecule has 0 fully saturated rings. The van der Waals surface area contributed by atoms with Gasteiger partial charge in [-0.15, -0.1) is 0 Å². The van der Waals surface area contributed by atoms with Gasteiger partial charge in [-0.2, -0.15) is 0 Å². The average molecular weight is 268 g/mol. The normalized spacial score (nSPS) is 10.3. The Bertz CT molecular complexity index is 553. The molecule has 2 heteroatoms. The third kappa shape index (κ3) is 3.95. The first-order chi connectivity index (χ1) is 9.69. The molecule has 0 atom stereocenters. The van der Waals surface area contributed by atoms with Gasteiger partial charge in [0.15, 0.2) is 0 Å². The Hall–Kier alpha value is -2.09.